The summed E-state index contributed by atoms with van der Waals surface area (Å²) >= 11 is 0. The van der Waals surface area contributed by atoms with E-state index in [9.17, 15) is 13.6 Å². The van der Waals surface area contributed by atoms with Gasteiger partial charge in [-0.05, 0) is 49.2 Å². The fraction of sp³-hybridized carbons (Fsp3) is 0.300. The lowest BCUT2D eigenvalue weighted by Crippen LogP contribution is -2.38. The summed E-state index contributed by atoms with van der Waals surface area (Å²) in [5.74, 6) is -0.824. The number of aliphatic imine (C=N–C) groups is 1. The largest absolute Gasteiger partial charge is 0.465 e. The molecule has 27 heavy (non-hydrogen) atoms. The van der Waals surface area contributed by atoms with Crippen molar-refractivity contribution in [3.63, 3.8) is 0 Å². The first-order valence-corrected chi connectivity index (χ1v) is 8.67. The van der Waals surface area contributed by atoms with Crippen molar-refractivity contribution in [2.24, 2.45) is 4.99 Å². The van der Waals surface area contributed by atoms with Crippen molar-refractivity contribution >= 4 is 11.9 Å². The minimum atomic E-state index is -0.491. The van der Waals surface area contributed by atoms with Crippen LogP contribution in [0.3, 0.4) is 0 Å². The van der Waals surface area contributed by atoms with Gasteiger partial charge in [0.05, 0.1) is 19.2 Å². The van der Waals surface area contributed by atoms with E-state index in [0.29, 0.717) is 31.0 Å². The molecule has 0 radical (unpaired) electrons. The Labute approximate surface area is 157 Å². The van der Waals surface area contributed by atoms with Gasteiger partial charge in [0, 0.05) is 18.7 Å². The number of ether oxygens (including phenoxy) is 1. The maximum atomic E-state index is 13.7. The monoisotopic (exact) mass is 375 g/mol. The molecule has 0 atom stereocenters. The van der Waals surface area contributed by atoms with Crippen molar-refractivity contribution < 1.29 is 18.3 Å². The van der Waals surface area contributed by atoms with Crippen LogP contribution in [0.5, 0.6) is 0 Å². The topological polar surface area (TPSA) is 62.7 Å². The van der Waals surface area contributed by atoms with Gasteiger partial charge >= 0.3 is 5.97 Å². The third-order valence-electron chi connectivity index (χ3n) is 3.84. The van der Waals surface area contributed by atoms with E-state index in [0.717, 1.165) is 23.8 Å². The second kappa shape index (κ2) is 10.3. The summed E-state index contributed by atoms with van der Waals surface area (Å²) in [6.07, 6.45) is 0.709. The molecule has 0 amide bonds. The smallest absolute Gasteiger partial charge is 0.337 e. The van der Waals surface area contributed by atoms with Crippen LogP contribution in [-0.2, 0) is 17.7 Å². The van der Waals surface area contributed by atoms with E-state index in [1.807, 2.05) is 19.1 Å². The molecule has 0 unspecified atom stereocenters. The van der Waals surface area contributed by atoms with Crippen molar-refractivity contribution in [3.8, 4) is 0 Å². The van der Waals surface area contributed by atoms with Gasteiger partial charge in [0.1, 0.15) is 11.6 Å². The normalized spacial score (nSPS) is 11.2. The molecule has 0 fully saturated rings. The van der Waals surface area contributed by atoms with Crippen molar-refractivity contribution in [2.75, 3.05) is 20.2 Å². The number of rotatable bonds is 7. The molecule has 2 N–H and O–H groups in total. The Morgan fingerprint density at radius 2 is 1.85 bits per heavy atom. The summed E-state index contributed by atoms with van der Waals surface area (Å²) in [4.78, 5) is 15.7. The zero-order valence-corrected chi connectivity index (χ0v) is 15.4. The average Bonchev–Trinajstić information content (AvgIpc) is 2.68. The fourth-order valence-corrected chi connectivity index (χ4v) is 2.42. The van der Waals surface area contributed by atoms with E-state index in [2.05, 4.69) is 20.4 Å². The summed E-state index contributed by atoms with van der Waals surface area (Å²) in [5.41, 5.74) is 1.74. The third-order valence-corrected chi connectivity index (χ3v) is 3.84. The van der Waals surface area contributed by atoms with Crippen molar-refractivity contribution in [1.29, 1.82) is 0 Å². The number of carbonyl (C=O) groups excluding carboxylic acids is 1. The summed E-state index contributed by atoms with van der Waals surface area (Å²) in [5, 5.41) is 6.22. The predicted molar refractivity (Wildman–Crippen MR) is 101 cm³/mol. The molecular weight excluding hydrogens is 352 g/mol. The molecule has 2 aromatic carbocycles. The first kappa shape index (κ1) is 20.4. The van der Waals surface area contributed by atoms with Crippen LogP contribution in [0.1, 0.15) is 28.4 Å². The molecule has 0 aliphatic rings. The predicted octanol–water partition coefficient (Wildman–Crippen LogP) is 3.05. The number of methoxy groups -OCH3 is 1. The number of halogens is 2. The summed E-state index contributed by atoms with van der Waals surface area (Å²) in [6, 6.07) is 10.5. The van der Waals surface area contributed by atoms with E-state index in [4.69, 9.17) is 0 Å². The van der Waals surface area contributed by atoms with E-state index >= 15 is 0 Å². The quantitative estimate of drug-likeness (QED) is 0.444. The first-order valence-electron chi connectivity index (χ1n) is 8.67. The Kier molecular flexibility index (Phi) is 7.73. The van der Waals surface area contributed by atoms with E-state index in [1.165, 1.54) is 7.11 Å². The first-order chi connectivity index (χ1) is 13.0. The number of guanidine groups is 1. The van der Waals surface area contributed by atoms with Gasteiger partial charge in [-0.25, -0.2) is 18.6 Å². The molecule has 0 bridgehead atoms. The zero-order chi connectivity index (χ0) is 19.6. The summed E-state index contributed by atoms with van der Waals surface area (Å²) in [7, 11) is 1.34. The number of hydrogen-bond donors (Lipinski definition) is 2. The molecule has 5 nitrogen and oxygen atoms in total. The molecule has 144 valence electrons. The van der Waals surface area contributed by atoms with Crippen molar-refractivity contribution in [2.45, 2.75) is 19.9 Å². The Bertz CT molecular complexity index is 792. The van der Waals surface area contributed by atoms with E-state index in [-0.39, 0.29) is 18.1 Å². The van der Waals surface area contributed by atoms with E-state index in [1.54, 1.807) is 12.1 Å². The molecule has 0 aromatic heterocycles. The molecule has 0 spiro atoms. The number of carbonyl (C=O) groups is 1. The number of hydrogen-bond acceptors (Lipinski definition) is 3. The number of benzene rings is 2. The van der Waals surface area contributed by atoms with Crippen LogP contribution in [0, 0.1) is 11.6 Å². The zero-order valence-electron chi connectivity index (χ0n) is 15.4. The van der Waals surface area contributed by atoms with Crippen LogP contribution in [-0.4, -0.2) is 32.1 Å². The Morgan fingerprint density at radius 1 is 1.11 bits per heavy atom. The number of nitrogens with zero attached hydrogens (tertiary/aromatic N) is 1. The van der Waals surface area contributed by atoms with Crippen molar-refractivity contribution in [1.82, 2.24) is 10.6 Å². The Hall–Kier alpha value is -2.96. The summed E-state index contributed by atoms with van der Waals surface area (Å²) < 4.78 is 31.6. The summed E-state index contributed by atoms with van der Waals surface area (Å²) in [6.45, 7) is 3.19. The van der Waals surface area contributed by atoms with Gasteiger partial charge in [-0.3, -0.25) is 0 Å². The molecule has 7 heteroatoms. The van der Waals surface area contributed by atoms with Crippen LogP contribution in [0.25, 0.3) is 0 Å². The molecule has 0 aliphatic heterocycles. The van der Waals surface area contributed by atoms with Gasteiger partial charge in [0.2, 0.25) is 0 Å². The van der Waals surface area contributed by atoms with Gasteiger partial charge in [0.15, 0.2) is 5.96 Å². The fourth-order valence-electron chi connectivity index (χ4n) is 2.42. The molecule has 0 saturated heterocycles. The maximum Gasteiger partial charge on any atom is 0.337 e. The maximum absolute atomic E-state index is 13.7. The van der Waals surface area contributed by atoms with Gasteiger partial charge in [0.25, 0.3) is 0 Å². The number of nitrogens with one attached hydrogen (secondary N) is 2. The lowest BCUT2D eigenvalue weighted by molar-refractivity contribution is 0.0600. The minimum Gasteiger partial charge on any atom is -0.465 e. The standard InChI is InChI=1S/C20H23F2N3O2/c1-3-23-20(25-13-16-12-17(21)8-9-18(16)22)24-11-10-14-4-6-15(7-5-14)19(26)27-2/h4-9,12H,3,10-11,13H2,1-2H3,(H2,23,24,25). The highest BCUT2D eigenvalue weighted by molar-refractivity contribution is 5.89. The Morgan fingerprint density at radius 3 is 2.52 bits per heavy atom. The minimum absolute atomic E-state index is 0.0345. The highest BCUT2D eigenvalue weighted by atomic mass is 19.1. The van der Waals surface area contributed by atoms with Crippen LogP contribution in [0.2, 0.25) is 0 Å². The molecular formula is C20H23F2N3O2. The average molecular weight is 375 g/mol. The van der Waals surface area contributed by atoms with Gasteiger partial charge in [-0.15, -0.1) is 0 Å². The van der Waals surface area contributed by atoms with Crippen LogP contribution < -0.4 is 10.6 Å². The van der Waals surface area contributed by atoms with Gasteiger partial charge in [-0.2, -0.15) is 0 Å². The second-order valence-electron chi connectivity index (χ2n) is 5.80. The highest BCUT2D eigenvalue weighted by Crippen LogP contribution is 2.10. The molecule has 0 aliphatic carbocycles. The van der Waals surface area contributed by atoms with Crippen molar-refractivity contribution in [3.05, 3.63) is 70.8 Å². The lowest BCUT2D eigenvalue weighted by atomic mass is 10.1. The van der Waals surface area contributed by atoms with Gasteiger partial charge in [-0.1, -0.05) is 12.1 Å². The SMILES string of the molecule is CCNC(=NCc1cc(F)ccc1F)NCCc1ccc(C(=O)OC)cc1. The Balaban J connectivity index is 1.92. The molecule has 0 saturated carbocycles. The van der Waals surface area contributed by atoms with Crippen LogP contribution in [0.4, 0.5) is 8.78 Å². The molecule has 0 heterocycles. The molecule has 2 rings (SSSR count). The lowest BCUT2D eigenvalue weighted by Gasteiger charge is -2.11. The third kappa shape index (κ3) is 6.36. The highest BCUT2D eigenvalue weighted by Gasteiger charge is 2.06. The molecule has 2 aromatic rings. The van der Waals surface area contributed by atoms with Crippen LogP contribution >= 0.6 is 0 Å². The van der Waals surface area contributed by atoms with Crippen LogP contribution in [0.15, 0.2) is 47.5 Å². The van der Waals surface area contributed by atoms with Gasteiger partial charge < -0.3 is 15.4 Å². The van der Waals surface area contributed by atoms with E-state index < -0.39 is 11.6 Å². The second-order valence-corrected chi connectivity index (χ2v) is 5.80. The number of esters is 1.